The van der Waals surface area contributed by atoms with Gasteiger partial charge in [-0.3, -0.25) is 4.90 Å². The van der Waals surface area contributed by atoms with Gasteiger partial charge < -0.3 is 14.4 Å². The molecule has 0 saturated carbocycles. The van der Waals surface area contributed by atoms with Crippen LogP contribution in [0.15, 0.2) is 30.6 Å². The van der Waals surface area contributed by atoms with Crippen molar-refractivity contribution in [2.75, 3.05) is 32.8 Å². The van der Waals surface area contributed by atoms with E-state index in [0.29, 0.717) is 19.7 Å². The lowest BCUT2D eigenvalue weighted by Crippen LogP contribution is -2.59. The zero-order valence-corrected chi connectivity index (χ0v) is 16.5. The molecule has 152 valence electrons. The highest BCUT2D eigenvalue weighted by Crippen LogP contribution is 2.28. The highest BCUT2D eigenvalue weighted by molar-refractivity contribution is 5.68. The molecule has 2 aliphatic heterocycles. The van der Waals surface area contributed by atoms with E-state index >= 15 is 0 Å². The zero-order valence-electron chi connectivity index (χ0n) is 16.5. The van der Waals surface area contributed by atoms with Gasteiger partial charge in [-0.25, -0.2) is 9.48 Å². The van der Waals surface area contributed by atoms with Crippen molar-refractivity contribution >= 4 is 6.09 Å². The summed E-state index contributed by atoms with van der Waals surface area (Å²) in [6, 6.07) is 8.27. The number of rotatable bonds is 2. The van der Waals surface area contributed by atoms with Gasteiger partial charge in [-0.05, 0) is 48.9 Å². The van der Waals surface area contributed by atoms with E-state index in [0.717, 1.165) is 24.3 Å². The van der Waals surface area contributed by atoms with E-state index in [1.165, 1.54) is 0 Å². The van der Waals surface area contributed by atoms with Crippen LogP contribution in [-0.4, -0.2) is 80.5 Å². The average Bonchev–Trinajstić information content (AvgIpc) is 3.21. The molecule has 9 heteroatoms. The predicted molar refractivity (Wildman–Crippen MR) is 103 cm³/mol. The third-order valence-corrected chi connectivity index (χ3v) is 5.00. The number of carbonyl (C=O) groups is 1. The third kappa shape index (κ3) is 4.15. The first-order chi connectivity index (χ1) is 13.4. The first-order valence-electron chi connectivity index (χ1n) is 9.56. The Morgan fingerprint density at radius 3 is 2.89 bits per heavy atom. The summed E-state index contributed by atoms with van der Waals surface area (Å²) in [4.78, 5) is 16.5. The van der Waals surface area contributed by atoms with E-state index in [1.54, 1.807) is 15.9 Å². The van der Waals surface area contributed by atoms with Crippen LogP contribution in [0.2, 0.25) is 0 Å². The molecule has 1 aromatic carbocycles. The number of aromatic nitrogens is 4. The number of benzene rings is 1. The lowest BCUT2D eigenvalue weighted by molar-refractivity contribution is -0.0906. The number of tetrazole rings is 1. The number of morpholine rings is 1. The summed E-state index contributed by atoms with van der Waals surface area (Å²) >= 11 is 0. The molecule has 0 aliphatic carbocycles. The van der Waals surface area contributed by atoms with Crippen molar-refractivity contribution in [3.63, 3.8) is 0 Å². The number of carbonyl (C=O) groups excluding carboxylic acids is 1. The van der Waals surface area contributed by atoms with Crippen molar-refractivity contribution in [1.82, 2.24) is 30.0 Å². The van der Waals surface area contributed by atoms with Gasteiger partial charge in [-0.2, -0.15) is 0 Å². The number of ether oxygens (including phenoxy) is 2. The Kier molecular flexibility index (Phi) is 5.03. The van der Waals surface area contributed by atoms with E-state index in [1.807, 2.05) is 32.9 Å². The maximum atomic E-state index is 12.3. The third-order valence-electron chi connectivity index (χ3n) is 5.00. The summed E-state index contributed by atoms with van der Waals surface area (Å²) in [5.74, 6) is 0. The Morgan fingerprint density at radius 2 is 2.14 bits per heavy atom. The minimum Gasteiger partial charge on any atom is -0.444 e. The van der Waals surface area contributed by atoms with Gasteiger partial charge in [0.15, 0.2) is 0 Å². The Labute approximate surface area is 165 Å². The molecule has 2 aliphatic rings. The number of amides is 1. The molecule has 4 rings (SSSR count). The van der Waals surface area contributed by atoms with E-state index in [9.17, 15) is 4.79 Å². The smallest absolute Gasteiger partial charge is 0.410 e. The summed E-state index contributed by atoms with van der Waals surface area (Å²) in [5, 5.41) is 11.3. The summed E-state index contributed by atoms with van der Waals surface area (Å²) < 4.78 is 13.3. The largest absolute Gasteiger partial charge is 0.444 e. The van der Waals surface area contributed by atoms with Crippen LogP contribution in [0.3, 0.4) is 0 Å². The Balaban J connectivity index is 0.00000240. The fourth-order valence-electron chi connectivity index (χ4n) is 3.63. The highest BCUT2D eigenvalue weighted by atomic mass is 16.6. The average molecular weight is 388 g/mol. The highest BCUT2D eigenvalue weighted by Gasteiger charge is 2.36. The molecule has 0 radical (unpaired) electrons. The van der Waals surface area contributed by atoms with Crippen molar-refractivity contribution in [2.45, 2.75) is 38.5 Å². The zero-order chi connectivity index (χ0) is 19.7. The molecule has 2 aromatic rings. The molecule has 0 spiro atoms. The van der Waals surface area contributed by atoms with Gasteiger partial charge in [0.1, 0.15) is 11.9 Å². The van der Waals surface area contributed by atoms with Crippen LogP contribution >= 0.6 is 0 Å². The minimum absolute atomic E-state index is 0. The summed E-state index contributed by atoms with van der Waals surface area (Å²) in [6.07, 6.45) is 1.32. The topological polar surface area (TPSA) is 85.6 Å². The Morgan fingerprint density at radius 1 is 1.29 bits per heavy atom. The molecule has 2 saturated heterocycles. The van der Waals surface area contributed by atoms with Crippen molar-refractivity contribution in [3.8, 4) is 5.69 Å². The van der Waals surface area contributed by atoms with Crippen molar-refractivity contribution in [1.29, 1.82) is 0 Å². The Bertz CT molecular complexity index is 826. The van der Waals surface area contributed by atoms with Gasteiger partial charge in [-0.1, -0.05) is 12.1 Å². The minimum atomic E-state index is -0.479. The molecule has 0 bridgehead atoms. The molecule has 1 aromatic heterocycles. The van der Waals surface area contributed by atoms with E-state index < -0.39 is 5.60 Å². The Hall–Kier alpha value is -2.52. The standard InChI is InChI=1S/C19H26N6O3.H2/c1-19(2,3)28-18(26)24-8-7-23-11-17(27-12-16(23)10-24)14-5-4-6-15(9-14)25-13-20-21-22-25;/h4-6,9,13,16-17H,7-8,10-12H2,1-3H3;1H/t16-,17-;/m0./s1. The maximum absolute atomic E-state index is 12.3. The van der Waals surface area contributed by atoms with Crippen LogP contribution in [-0.2, 0) is 9.47 Å². The molecular formula is C19H28N6O3. The van der Waals surface area contributed by atoms with Crippen LogP contribution in [0, 0.1) is 0 Å². The van der Waals surface area contributed by atoms with Gasteiger partial charge in [0.05, 0.1) is 24.4 Å². The van der Waals surface area contributed by atoms with Gasteiger partial charge in [-0.15, -0.1) is 5.10 Å². The molecule has 28 heavy (non-hydrogen) atoms. The monoisotopic (exact) mass is 388 g/mol. The first-order valence-corrected chi connectivity index (χ1v) is 9.56. The lowest BCUT2D eigenvalue weighted by Gasteiger charge is -2.46. The number of nitrogens with zero attached hydrogens (tertiary/aromatic N) is 6. The lowest BCUT2D eigenvalue weighted by atomic mass is 10.0. The van der Waals surface area contributed by atoms with Crippen molar-refractivity contribution in [3.05, 3.63) is 36.2 Å². The van der Waals surface area contributed by atoms with Crippen LogP contribution < -0.4 is 0 Å². The van der Waals surface area contributed by atoms with Crippen LogP contribution in [0.1, 0.15) is 33.9 Å². The second-order valence-corrected chi connectivity index (χ2v) is 8.25. The predicted octanol–water partition coefficient (Wildman–Crippen LogP) is 1.90. The fourth-order valence-corrected chi connectivity index (χ4v) is 3.63. The summed E-state index contributed by atoms with van der Waals surface area (Å²) in [7, 11) is 0. The van der Waals surface area contributed by atoms with Crippen LogP contribution in [0.25, 0.3) is 5.69 Å². The molecular weight excluding hydrogens is 360 g/mol. The maximum Gasteiger partial charge on any atom is 0.410 e. The normalized spacial score (nSPS) is 23.3. The summed E-state index contributed by atoms with van der Waals surface area (Å²) in [5.41, 5.74) is 1.52. The second kappa shape index (κ2) is 7.48. The fraction of sp³-hybridized carbons (Fsp3) is 0.579. The number of piperazine rings is 1. The molecule has 1 amide bonds. The van der Waals surface area contributed by atoms with Crippen molar-refractivity contribution in [2.24, 2.45) is 0 Å². The van der Waals surface area contributed by atoms with Crippen molar-refractivity contribution < 1.29 is 15.7 Å². The molecule has 0 N–H and O–H groups in total. The van der Waals surface area contributed by atoms with Crippen LogP contribution in [0.5, 0.6) is 0 Å². The van der Waals surface area contributed by atoms with Gasteiger partial charge in [0.25, 0.3) is 0 Å². The van der Waals surface area contributed by atoms with E-state index in [2.05, 4.69) is 32.6 Å². The van der Waals surface area contributed by atoms with Crippen LogP contribution in [0.4, 0.5) is 4.79 Å². The first kappa shape index (κ1) is 18.8. The SMILES string of the molecule is CC(C)(C)OC(=O)N1CCN2C[C@@H](c3cccc(-n4cnnn4)c3)OC[C@@H]2C1.[HH]. The van der Waals surface area contributed by atoms with E-state index in [4.69, 9.17) is 9.47 Å². The second-order valence-electron chi connectivity index (χ2n) is 8.25. The van der Waals surface area contributed by atoms with Gasteiger partial charge in [0.2, 0.25) is 0 Å². The molecule has 2 fully saturated rings. The molecule has 2 atom stereocenters. The summed E-state index contributed by atoms with van der Waals surface area (Å²) in [6.45, 7) is 9.16. The molecule has 0 unspecified atom stereocenters. The molecule has 3 heterocycles. The quantitative estimate of drug-likeness (QED) is 0.777. The van der Waals surface area contributed by atoms with Gasteiger partial charge >= 0.3 is 6.09 Å². The van der Waals surface area contributed by atoms with E-state index in [-0.39, 0.29) is 19.7 Å². The molecule has 9 nitrogen and oxygen atoms in total. The number of hydrogen-bond acceptors (Lipinski definition) is 7. The number of hydrogen-bond donors (Lipinski definition) is 0. The van der Waals surface area contributed by atoms with Gasteiger partial charge in [0, 0.05) is 27.6 Å². The number of fused-ring (bicyclic) bond motifs is 1.